The van der Waals surface area contributed by atoms with Crippen molar-refractivity contribution < 1.29 is 24.7 Å². The zero-order valence-electron chi connectivity index (χ0n) is 21.5. The van der Waals surface area contributed by atoms with Crippen LogP contribution in [0.1, 0.15) is 34.0 Å². The van der Waals surface area contributed by atoms with E-state index in [1.54, 1.807) is 60.3 Å². The molecule has 9 nitrogen and oxygen atoms in total. The van der Waals surface area contributed by atoms with E-state index in [-0.39, 0.29) is 18.0 Å². The van der Waals surface area contributed by atoms with Gasteiger partial charge in [0, 0.05) is 33.8 Å². The summed E-state index contributed by atoms with van der Waals surface area (Å²) in [5.41, 5.74) is 4.87. The van der Waals surface area contributed by atoms with Crippen LogP contribution in [0.25, 0.3) is 0 Å². The van der Waals surface area contributed by atoms with Gasteiger partial charge in [0.15, 0.2) is 0 Å². The number of hydrogen-bond donors (Lipinski definition) is 6. The van der Waals surface area contributed by atoms with Gasteiger partial charge in [-0.25, -0.2) is 5.48 Å². The molecule has 3 aromatic rings. The number of hydrogen-bond acceptors (Lipinski definition) is 7. The molecule has 3 aromatic carbocycles. The fourth-order valence-corrected chi connectivity index (χ4v) is 3.86. The summed E-state index contributed by atoms with van der Waals surface area (Å²) in [5.74, 6) is 4.39. The minimum atomic E-state index is -1.30. The van der Waals surface area contributed by atoms with Crippen LogP contribution in [0.4, 0.5) is 5.69 Å². The van der Waals surface area contributed by atoms with E-state index in [0.717, 1.165) is 11.1 Å². The number of hydroxylamine groups is 1. The van der Waals surface area contributed by atoms with Gasteiger partial charge >= 0.3 is 0 Å². The molecule has 0 heterocycles. The molecule has 202 valence electrons. The highest BCUT2D eigenvalue weighted by molar-refractivity contribution is 7.98. The molecule has 2 atom stereocenters. The lowest BCUT2D eigenvalue weighted by molar-refractivity contribution is -0.133. The molecule has 0 aliphatic rings. The van der Waals surface area contributed by atoms with Crippen LogP contribution in [-0.2, 0) is 16.1 Å². The summed E-state index contributed by atoms with van der Waals surface area (Å²) in [6, 6.07) is 20.4. The Labute approximate surface area is 231 Å². The first-order valence-corrected chi connectivity index (χ1v) is 13.3. The molecule has 0 aliphatic carbocycles. The summed E-state index contributed by atoms with van der Waals surface area (Å²) >= 11 is 1.69. The fourth-order valence-electron chi connectivity index (χ4n) is 3.45. The number of nitrogens with one attached hydrogen (secondary N) is 4. The number of carbonyl (C=O) groups is 3. The monoisotopic (exact) mass is 546 g/mol. The number of aliphatic hydroxyl groups is 1. The SMILES string of the molecule is CSc1ccc(CNCC(=O)Nc2ccc(C#Cc3ccc(C(=O)N[C@H](C(=O)NO)[C@@H](C)O)cc3)cc2)cc1. The van der Waals surface area contributed by atoms with E-state index in [2.05, 4.69) is 39.9 Å². The zero-order chi connectivity index (χ0) is 28.2. The number of aliphatic hydroxyl groups excluding tert-OH is 1. The molecule has 0 aliphatic heterocycles. The second kappa shape index (κ2) is 14.7. The van der Waals surface area contributed by atoms with Gasteiger partial charge in [-0.1, -0.05) is 24.0 Å². The van der Waals surface area contributed by atoms with Gasteiger partial charge in [-0.15, -0.1) is 11.8 Å². The lowest BCUT2D eigenvalue weighted by Crippen LogP contribution is -2.51. The average molecular weight is 547 g/mol. The lowest BCUT2D eigenvalue weighted by Gasteiger charge is -2.19. The molecule has 3 rings (SSSR count). The third-order valence-electron chi connectivity index (χ3n) is 5.60. The fraction of sp³-hybridized carbons (Fsp3) is 0.207. The molecule has 0 spiro atoms. The number of anilines is 1. The first kappa shape index (κ1) is 29.4. The van der Waals surface area contributed by atoms with E-state index < -0.39 is 24.0 Å². The van der Waals surface area contributed by atoms with Crippen molar-refractivity contribution in [3.8, 4) is 11.8 Å². The predicted octanol–water partition coefficient (Wildman–Crippen LogP) is 2.52. The molecular formula is C29H30N4O5S. The highest BCUT2D eigenvalue weighted by Crippen LogP contribution is 2.15. The van der Waals surface area contributed by atoms with Crippen molar-refractivity contribution >= 4 is 35.2 Å². The second-order valence-corrected chi connectivity index (χ2v) is 9.45. The smallest absolute Gasteiger partial charge is 0.268 e. The van der Waals surface area contributed by atoms with Gasteiger partial charge < -0.3 is 21.1 Å². The van der Waals surface area contributed by atoms with Crippen molar-refractivity contribution in [3.63, 3.8) is 0 Å². The van der Waals surface area contributed by atoms with Crippen molar-refractivity contribution in [2.75, 3.05) is 18.1 Å². The predicted molar refractivity (Wildman–Crippen MR) is 150 cm³/mol. The van der Waals surface area contributed by atoms with Crippen LogP contribution >= 0.6 is 11.8 Å². The van der Waals surface area contributed by atoms with E-state index >= 15 is 0 Å². The van der Waals surface area contributed by atoms with Gasteiger partial charge in [-0.3, -0.25) is 19.6 Å². The first-order valence-electron chi connectivity index (χ1n) is 12.1. The summed E-state index contributed by atoms with van der Waals surface area (Å²) in [5, 5.41) is 26.8. The van der Waals surface area contributed by atoms with E-state index in [1.165, 1.54) is 17.3 Å². The Hall–Kier alpha value is -4.14. The molecule has 0 radical (unpaired) electrons. The number of benzene rings is 3. The van der Waals surface area contributed by atoms with E-state index in [1.807, 2.05) is 18.4 Å². The maximum absolute atomic E-state index is 12.4. The maximum atomic E-state index is 12.4. The number of carbonyl (C=O) groups excluding carboxylic acids is 3. The summed E-state index contributed by atoms with van der Waals surface area (Å²) in [6.45, 7) is 2.12. The Morgan fingerprint density at radius 3 is 2.03 bits per heavy atom. The van der Waals surface area contributed by atoms with Crippen LogP contribution in [0.15, 0.2) is 77.7 Å². The van der Waals surface area contributed by atoms with E-state index in [0.29, 0.717) is 17.8 Å². The second-order valence-electron chi connectivity index (χ2n) is 8.57. The molecular weight excluding hydrogens is 516 g/mol. The molecule has 0 bridgehead atoms. The Kier molecular flexibility index (Phi) is 11.1. The zero-order valence-corrected chi connectivity index (χ0v) is 22.3. The highest BCUT2D eigenvalue weighted by atomic mass is 32.2. The molecule has 3 amide bonds. The number of thioether (sulfide) groups is 1. The summed E-state index contributed by atoms with van der Waals surface area (Å²) in [4.78, 5) is 37.4. The minimum absolute atomic E-state index is 0.143. The van der Waals surface area contributed by atoms with Crippen molar-refractivity contribution in [2.45, 2.75) is 30.5 Å². The Morgan fingerprint density at radius 1 is 0.897 bits per heavy atom. The maximum Gasteiger partial charge on any atom is 0.268 e. The van der Waals surface area contributed by atoms with Gasteiger partial charge in [-0.05, 0) is 79.4 Å². The highest BCUT2D eigenvalue weighted by Gasteiger charge is 2.25. The summed E-state index contributed by atoms with van der Waals surface area (Å²) < 4.78 is 0. The van der Waals surface area contributed by atoms with Gasteiger partial charge in [0.1, 0.15) is 6.04 Å². The molecule has 0 fully saturated rings. The third-order valence-corrected chi connectivity index (χ3v) is 6.35. The standard InChI is InChI=1S/C29H30N4O5S/c1-19(34)27(29(37)33-38)32-28(36)23-11-5-20(6-12-23)3-4-21-7-13-24(14-8-21)31-26(35)18-30-17-22-9-15-25(39-2)16-10-22/h5-16,19,27,30,34,38H,17-18H2,1-2H3,(H,31,35)(H,32,36)(H,33,37)/t19-,27+/m1/s1. The van der Waals surface area contributed by atoms with Crippen LogP contribution in [-0.4, -0.2) is 53.0 Å². The summed E-state index contributed by atoms with van der Waals surface area (Å²) in [7, 11) is 0. The van der Waals surface area contributed by atoms with E-state index in [9.17, 15) is 19.5 Å². The number of amides is 3. The normalized spacial score (nSPS) is 11.9. The van der Waals surface area contributed by atoms with Crippen LogP contribution in [0.5, 0.6) is 0 Å². The molecule has 0 unspecified atom stereocenters. The van der Waals surface area contributed by atoms with Crippen LogP contribution in [0, 0.1) is 11.8 Å². The first-order chi connectivity index (χ1) is 18.8. The van der Waals surface area contributed by atoms with Crippen LogP contribution in [0.3, 0.4) is 0 Å². The molecule has 6 N–H and O–H groups in total. The number of rotatable bonds is 10. The third kappa shape index (κ3) is 9.28. The van der Waals surface area contributed by atoms with Crippen molar-refractivity contribution in [1.82, 2.24) is 16.1 Å². The van der Waals surface area contributed by atoms with E-state index in [4.69, 9.17) is 5.21 Å². The Bertz CT molecular complexity index is 1330. The molecule has 10 heteroatoms. The van der Waals surface area contributed by atoms with Crippen molar-refractivity contribution in [1.29, 1.82) is 0 Å². The Morgan fingerprint density at radius 2 is 1.49 bits per heavy atom. The quantitative estimate of drug-likeness (QED) is 0.0994. The van der Waals surface area contributed by atoms with Crippen LogP contribution < -0.4 is 21.4 Å². The summed E-state index contributed by atoms with van der Waals surface area (Å²) in [6.07, 6.45) is 0.832. The van der Waals surface area contributed by atoms with Gasteiger partial charge in [0.25, 0.3) is 11.8 Å². The molecule has 39 heavy (non-hydrogen) atoms. The molecule has 0 saturated heterocycles. The van der Waals surface area contributed by atoms with Gasteiger partial charge in [0.05, 0.1) is 12.6 Å². The molecule has 0 saturated carbocycles. The average Bonchev–Trinajstić information content (AvgIpc) is 2.95. The van der Waals surface area contributed by atoms with Gasteiger partial charge in [0.2, 0.25) is 5.91 Å². The molecule has 0 aromatic heterocycles. The van der Waals surface area contributed by atoms with Crippen molar-refractivity contribution in [2.24, 2.45) is 0 Å². The minimum Gasteiger partial charge on any atom is -0.391 e. The Balaban J connectivity index is 1.49. The largest absolute Gasteiger partial charge is 0.391 e. The van der Waals surface area contributed by atoms with Crippen molar-refractivity contribution in [3.05, 3.63) is 95.1 Å². The lowest BCUT2D eigenvalue weighted by atomic mass is 10.1. The topological polar surface area (TPSA) is 140 Å². The van der Waals surface area contributed by atoms with Gasteiger partial charge in [-0.2, -0.15) is 0 Å². The van der Waals surface area contributed by atoms with Crippen LogP contribution in [0.2, 0.25) is 0 Å².